The number of unbranched alkanes of at least 4 members (excludes halogenated alkanes) is 11. The molecule has 3 aromatic rings. The molecule has 0 saturated heterocycles. The zero-order chi connectivity index (χ0) is 33.9. The summed E-state index contributed by atoms with van der Waals surface area (Å²) in [6.07, 6.45) is 19.0. The van der Waals surface area contributed by atoms with Crippen LogP contribution in [0.2, 0.25) is 0 Å². The Morgan fingerprint density at radius 2 is 1.38 bits per heavy atom. The van der Waals surface area contributed by atoms with Gasteiger partial charge in [-0.15, -0.1) is 0 Å². The molecule has 0 aliphatic rings. The van der Waals surface area contributed by atoms with E-state index in [1.807, 2.05) is 54.2 Å². The Morgan fingerprint density at radius 3 is 1.98 bits per heavy atom. The summed E-state index contributed by atoms with van der Waals surface area (Å²) in [4.78, 5) is 28.1. The minimum Gasteiger partial charge on any atom is -1.00 e. The van der Waals surface area contributed by atoms with Gasteiger partial charge in [0.15, 0.2) is 12.4 Å². The highest BCUT2D eigenvalue weighted by atomic mass is 127. The van der Waals surface area contributed by atoms with E-state index in [1.165, 1.54) is 75.5 Å². The van der Waals surface area contributed by atoms with Crippen LogP contribution in [0.15, 0.2) is 73.1 Å². The molecule has 7 heteroatoms. The van der Waals surface area contributed by atoms with Gasteiger partial charge in [0.05, 0.1) is 13.2 Å². The van der Waals surface area contributed by atoms with Crippen molar-refractivity contribution < 1.29 is 47.6 Å². The van der Waals surface area contributed by atoms with Gasteiger partial charge in [0.2, 0.25) is 0 Å². The van der Waals surface area contributed by atoms with Crippen LogP contribution in [0, 0.1) is 0 Å². The van der Waals surface area contributed by atoms with Gasteiger partial charge in [-0.3, -0.25) is 4.79 Å². The molecule has 2 aromatic carbocycles. The fourth-order valence-corrected chi connectivity index (χ4v) is 5.73. The predicted octanol–water partition coefficient (Wildman–Crippen LogP) is 7.35. The molecular weight excluding hydrogens is 711 g/mol. The Bertz CT molecular complexity index is 1360. The minimum absolute atomic E-state index is 0. The van der Waals surface area contributed by atoms with Crippen molar-refractivity contribution in [1.82, 2.24) is 4.90 Å². The summed E-state index contributed by atoms with van der Waals surface area (Å²) in [5.74, 6) is 0.490. The Kier molecular flexibility index (Phi) is 19.5. The normalized spacial score (nSPS) is 11.1. The highest BCUT2D eigenvalue weighted by molar-refractivity contribution is 6.02. The van der Waals surface area contributed by atoms with E-state index in [0.29, 0.717) is 12.2 Å². The number of hydrogen-bond acceptors (Lipinski definition) is 4. The van der Waals surface area contributed by atoms with Crippen LogP contribution in [0.25, 0.3) is 0 Å². The maximum absolute atomic E-state index is 13.5. The van der Waals surface area contributed by atoms with Crippen molar-refractivity contribution in [2.75, 3.05) is 6.61 Å². The number of pyridine rings is 1. The molecule has 0 atom stereocenters. The van der Waals surface area contributed by atoms with Crippen molar-refractivity contribution in [1.29, 1.82) is 0 Å². The third-order valence-corrected chi connectivity index (χ3v) is 8.58. The summed E-state index contributed by atoms with van der Waals surface area (Å²) in [5.41, 5.74) is 3.07. The number of carbonyl (C=O) groups is 2. The number of aromatic nitrogens is 1. The Hall–Kier alpha value is -2.94. The van der Waals surface area contributed by atoms with Crippen molar-refractivity contribution >= 4 is 12.0 Å². The van der Waals surface area contributed by atoms with Crippen LogP contribution < -0.4 is 33.3 Å². The standard InChI is InChI=1S/C41H59N2O4.HI/c1-6-8-9-10-11-12-13-14-15-16-17-21-29-46-38-27-26-34(30-37(38)41(3,4)5)33-47-40(45)43(39(44)36-24-19-18-20-25-36)32-35-23-22-28-42(7-2)31-35;/h18-20,22-28,30-31H,6-17,21,29,32-33H2,1-5H3;1H/q+1;/p-1. The van der Waals surface area contributed by atoms with Crippen LogP contribution in [0.4, 0.5) is 4.79 Å². The van der Waals surface area contributed by atoms with E-state index in [9.17, 15) is 9.59 Å². The fourth-order valence-electron chi connectivity index (χ4n) is 5.73. The second-order valence-electron chi connectivity index (χ2n) is 13.7. The Morgan fingerprint density at radius 1 is 0.750 bits per heavy atom. The lowest BCUT2D eigenvalue weighted by molar-refractivity contribution is -0.694. The van der Waals surface area contributed by atoms with Crippen molar-refractivity contribution in [3.8, 4) is 5.75 Å². The van der Waals surface area contributed by atoms with E-state index < -0.39 is 6.09 Å². The SMILES string of the molecule is CCCCCCCCCCCCCCOc1ccc(COC(=O)N(Cc2ccc[n+](CC)c2)C(=O)c2ccccc2)cc1C(C)(C)C.[I-]. The zero-order valence-corrected chi connectivity index (χ0v) is 32.3. The lowest BCUT2D eigenvalue weighted by Gasteiger charge is -2.24. The first kappa shape index (κ1) is 41.2. The monoisotopic (exact) mass is 770 g/mol. The number of hydrogen-bond donors (Lipinski definition) is 0. The lowest BCUT2D eigenvalue weighted by atomic mass is 9.85. The number of imide groups is 1. The highest BCUT2D eigenvalue weighted by Gasteiger charge is 2.26. The average molecular weight is 771 g/mol. The van der Waals surface area contributed by atoms with Gasteiger partial charge in [0.25, 0.3) is 5.91 Å². The zero-order valence-electron chi connectivity index (χ0n) is 30.1. The van der Waals surface area contributed by atoms with Gasteiger partial charge in [-0.05, 0) is 60.2 Å². The van der Waals surface area contributed by atoms with Crippen LogP contribution >= 0.6 is 0 Å². The maximum atomic E-state index is 13.5. The molecule has 1 aromatic heterocycles. The van der Waals surface area contributed by atoms with E-state index in [-0.39, 0.29) is 48.5 Å². The average Bonchev–Trinajstić information content (AvgIpc) is 3.08. The molecule has 6 nitrogen and oxygen atoms in total. The van der Waals surface area contributed by atoms with Crippen LogP contribution in [0.1, 0.15) is 139 Å². The summed E-state index contributed by atoms with van der Waals surface area (Å²) in [7, 11) is 0. The lowest BCUT2D eigenvalue weighted by Crippen LogP contribution is -3.00. The molecule has 1 heterocycles. The van der Waals surface area contributed by atoms with Gasteiger partial charge < -0.3 is 33.5 Å². The van der Waals surface area contributed by atoms with Gasteiger partial charge >= 0.3 is 6.09 Å². The molecule has 0 aliphatic heterocycles. The first-order chi connectivity index (χ1) is 22.7. The summed E-state index contributed by atoms with van der Waals surface area (Å²) in [6.45, 7) is 12.5. The van der Waals surface area contributed by atoms with E-state index in [1.54, 1.807) is 24.3 Å². The second kappa shape index (κ2) is 22.6. The van der Waals surface area contributed by atoms with E-state index in [4.69, 9.17) is 9.47 Å². The molecule has 0 saturated carbocycles. The summed E-state index contributed by atoms with van der Waals surface area (Å²) in [5, 5.41) is 0. The summed E-state index contributed by atoms with van der Waals surface area (Å²) >= 11 is 0. The fraction of sp³-hybridized carbons (Fsp3) is 0.537. The molecule has 0 unspecified atom stereocenters. The topological polar surface area (TPSA) is 59.7 Å². The predicted molar refractivity (Wildman–Crippen MR) is 191 cm³/mol. The molecule has 0 radical (unpaired) electrons. The van der Waals surface area contributed by atoms with Crippen molar-refractivity contribution in [2.24, 2.45) is 0 Å². The Labute approximate surface area is 307 Å². The third-order valence-electron chi connectivity index (χ3n) is 8.58. The smallest absolute Gasteiger partial charge is 0.417 e. The number of benzene rings is 2. The molecule has 48 heavy (non-hydrogen) atoms. The van der Waals surface area contributed by atoms with Crippen LogP contribution in [0.5, 0.6) is 5.75 Å². The summed E-state index contributed by atoms with van der Waals surface area (Å²) in [6, 6.07) is 18.7. The first-order valence-corrected chi connectivity index (χ1v) is 18.0. The van der Waals surface area contributed by atoms with Crippen molar-refractivity contribution in [2.45, 2.75) is 137 Å². The minimum atomic E-state index is -0.671. The largest absolute Gasteiger partial charge is 1.00 e. The van der Waals surface area contributed by atoms with E-state index >= 15 is 0 Å². The third kappa shape index (κ3) is 14.7. The maximum Gasteiger partial charge on any atom is 0.417 e. The molecular formula is C41H59IN2O4. The molecule has 0 spiro atoms. The van der Waals surface area contributed by atoms with Gasteiger partial charge in [-0.25, -0.2) is 14.3 Å². The van der Waals surface area contributed by atoms with Crippen LogP contribution in [-0.2, 0) is 29.8 Å². The van der Waals surface area contributed by atoms with Gasteiger partial charge in [-0.1, -0.05) is 123 Å². The quantitative estimate of drug-likeness (QED) is 0.0686. The molecule has 0 fully saturated rings. The van der Waals surface area contributed by atoms with Gasteiger partial charge in [0.1, 0.15) is 18.9 Å². The molecule has 3 rings (SSSR count). The van der Waals surface area contributed by atoms with Gasteiger partial charge in [-0.2, -0.15) is 0 Å². The van der Waals surface area contributed by atoms with Crippen LogP contribution in [-0.4, -0.2) is 23.5 Å². The summed E-state index contributed by atoms with van der Waals surface area (Å²) < 4.78 is 14.1. The van der Waals surface area contributed by atoms with E-state index in [2.05, 4.69) is 33.8 Å². The number of amides is 2. The van der Waals surface area contributed by atoms with Crippen molar-refractivity contribution in [3.63, 3.8) is 0 Å². The number of rotatable bonds is 20. The number of aryl methyl sites for hydroxylation is 1. The van der Waals surface area contributed by atoms with Gasteiger partial charge in [0, 0.05) is 17.2 Å². The first-order valence-electron chi connectivity index (χ1n) is 18.0. The molecule has 0 bridgehead atoms. The molecule has 264 valence electrons. The molecule has 0 aliphatic carbocycles. The van der Waals surface area contributed by atoms with Crippen molar-refractivity contribution in [3.05, 3.63) is 95.3 Å². The number of carbonyl (C=O) groups excluding carboxylic acids is 2. The Balaban J connectivity index is 0.00000800. The van der Waals surface area contributed by atoms with E-state index in [0.717, 1.165) is 35.4 Å². The molecule has 2 amide bonds. The highest BCUT2D eigenvalue weighted by Crippen LogP contribution is 2.33. The second-order valence-corrected chi connectivity index (χ2v) is 13.7. The van der Waals surface area contributed by atoms with Crippen LogP contribution in [0.3, 0.4) is 0 Å². The number of ether oxygens (including phenoxy) is 2. The molecule has 0 N–H and O–H groups in total. The number of halogens is 1. The number of nitrogens with zero attached hydrogens (tertiary/aromatic N) is 2.